The second kappa shape index (κ2) is 10.1. The molecule has 0 radical (unpaired) electrons. The minimum absolute atomic E-state index is 0.000775. The van der Waals surface area contributed by atoms with Gasteiger partial charge in [0.05, 0.1) is 10.6 Å². The average Bonchev–Trinajstić information content (AvgIpc) is 2.96. The molecule has 1 heterocycles. The van der Waals surface area contributed by atoms with Gasteiger partial charge < -0.3 is 0 Å². The van der Waals surface area contributed by atoms with Crippen LogP contribution in [0.3, 0.4) is 0 Å². The lowest BCUT2D eigenvalue weighted by Gasteiger charge is -2.12. The highest BCUT2D eigenvalue weighted by molar-refractivity contribution is 7.89. The number of aromatic nitrogens is 2. The lowest BCUT2D eigenvalue weighted by molar-refractivity contribution is -0.121. The van der Waals surface area contributed by atoms with E-state index < -0.39 is 15.9 Å². The molecule has 0 saturated heterocycles. The van der Waals surface area contributed by atoms with Crippen LogP contribution in [0.5, 0.6) is 0 Å². The number of sulfonamides is 1. The number of rotatable bonds is 8. The predicted molar refractivity (Wildman–Crippen MR) is 118 cm³/mol. The average molecular weight is 450 g/mol. The normalized spacial score (nSPS) is 11.7. The summed E-state index contributed by atoms with van der Waals surface area (Å²) in [6, 6.07) is 5.64. The van der Waals surface area contributed by atoms with Crippen LogP contribution in [-0.2, 0) is 27.8 Å². The molecule has 10 heteroatoms. The minimum atomic E-state index is -3.66. The van der Waals surface area contributed by atoms with Gasteiger partial charge in [0.1, 0.15) is 0 Å². The van der Waals surface area contributed by atoms with E-state index in [1.165, 1.54) is 38.4 Å². The van der Waals surface area contributed by atoms with Crippen molar-refractivity contribution in [2.75, 3.05) is 14.1 Å². The van der Waals surface area contributed by atoms with Crippen molar-refractivity contribution in [1.82, 2.24) is 24.9 Å². The van der Waals surface area contributed by atoms with Crippen molar-refractivity contribution < 1.29 is 18.0 Å². The van der Waals surface area contributed by atoms with Crippen LogP contribution in [0.4, 0.5) is 0 Å². The van der Waals surface area contributed by atoms with Gasteiger partial charge in [0.15, 0.2) is 0 Å². The van der Waals surface area contributed by atoms with Gasteiger partial charge in [0.25, 0.3) is 5.91 Å². The van der Waals surface area contributed by atoms with E-state index in [0.717, 1.165) is 27.8 Å². The Labute approximate surface area is 183 Å². The van der Waals surface area contributed by atoms with E-state index in [4.69, 9.17) is 0 Å². The molecule has 0 spiro atoms. The van der Waals surface area contributed by atoms with E-state index in [1.807, 2.05) is 18.5 Å². The number of hydrazine groups is 1. The van der Waals surface area contributed by atoms with Gasteiger partial charge in [0, 0.05) is 38.3 Å². The minimum Gasteiger partial charge on any atom is -0.273 e. The van der Waals surface area contributed by atoms with Crippen LogP contribution in [0.2, 0.25) is 0 Å². The van der Waals surface area contributed by atoms with Crippen molar-refractivity contribution in [3.8, 4) is 0 Å². The number of nitrogens with one attached hydrogen (secondary N) is 2. The highest BCUT2D eigenvalue weighted by atomic mass is 32.2. The molecule has 2 amide bonds. The second-order valence-electron chi connectivity index (χ2n) is 8.04. The molecule has 0 saturated carbocycles. The number of hydrogen-bond acceptors (Lipinski definition) is 5. The highest BCUT2D eigenvalue weighted by Gasteiger charge is 2.19. The molecule has 170 valence electrons. The zero-order chi connectivity index (χ0) is 23.3. The van der Waals surface area contributed by atoms with Gasteiger partial charge in [0.2, 0.25) is 15.9 Å². The molecular formula is C21H31N5O4S. The molecule has 2 N–H and O–H groups in total. The number of amides is 2. The maximum Gasteiger partial charge on any atom is 0.269 e. The van der Waals surface area contributed by atoms with Crippen molar-refractivity contribution in [2.45, 2.75) is 52.0 Å². The first-order valence-corrected chi connectivity index (χ1v) is 11.5. The highest BCUT2D eigenvalue weighted by Crippen LogP contribution is 2.17. The molecule has 2 rings (SSSR count). The maximum atomic E-state index is 12.3. The summed E-state index contributed by atoms with van der Waals surface area (Å²) < 4.78 is 27.5. The molecule has 9 nitrogen and oxygen atoms in total. The molecule has 0 unspecified atom stereocenters. The third-order valence-corrected chi connectivity index (χ3v) is 6.67. The van der Waals surface area contributed by atoms with Gasteiger partial charge in [-0.1, -0.05) is 19.9 Å². The standard InChI is InChI=1S/C21H31N5O4S/c1-14(2)13-26-16(4)19(15(3)24-26)10-11-20(27)22-23-21(28)17-8-7-9-18(12-17)31(29,30)25(5)6/h7-9,12,14H,10-11,13H2,1-6H3,(H,22,27)(H,23,28). The molecule has 0 aliphatic carbocycles. The zero-order valence-electron chi connectivity index (χ0n) is 18.9. The summed E-state index contributed by atoms with van der Waals surface area (Å²) in [5.41, 5.74) is 7.82. The topological polar surface area (TPSA) is 113 Å². The maximum absolute atomic E-state index is 12.3. The van der Waals surface area contributed by atoms with Crippen LogP contribution in [0.25, 0.3) is 0 Å². The van der Waals surface area contributed by atoms with Crippen LogP contribution >= 0.6 is 0 Å². The fourth-order valence-corrected chi connectivity index (χ4v) is 4.08. The number of carbonyl (C=O) groups is 2. The fourth-order valence-electron chi connectivity index (χ4n) is 3.13. The van der Waals surface area contributed by atoms with Crippen LogP contribution in [0.15, 0.2) is 29.2 Å². The van der Waals surface area contributed by atoms with Gasteiger partial charge in [-0.05, 0) is 49.9 Å². The van der Waals surface area contributed by atoms with Crippen molar-refractivity contribution >= 4 is 21.8 Å². The predicted octanol–water partition coefficient (Wildman–Crippen LogP) is 1.80. The number of aryl methyl sites for hydroxylation is 1. The van der Waals surface area contributed by atoms with Gasteiger partial charge in [-0.3, -0.25) is 25.1 Å². The summed E-state index contributed by atoms with van der Waals surface area (Å²) in [5, 5.41) is 4.55. The summed E-state index contributed by atoms with van der Waals surface area (Å²) in [7, 11) is -0.829. The van der Waals surface area contributed by atoms with Crippen LogP contribution in [0, 0.1) is 19.8 Å². The number of carbonyl (C=O) groups excluding carboxylic acids is 2. The largest absolute Gasteiger partial charge is 0.273 e. The fraction of sp³-hybridized carbons (Fsp3) is 0.476. The van der Waals surface area contributed by atoms with E-state index in [0.29, 0.717) is 12.3 Å². The first-order chi connectivity index (χ1) is 14.4. The second-order valence-corrected chi connectivity index (χ2v) is 10.2. The van der Waals surface area contributed by atoms with E-state index in [1.54, 1.807) is 0 Å². The number of benzene rings is 1. The molecule has 0 atom stereocenters. The van der Waals surface area contributed by atoms with Crippen molar-refractivity contribution in [3.63, 3.8) is 0 Å². The van der Waals surface area contributed by atoms with E-state index in [-0.39, 0.29) is 22.8 Å². The summed E-state index contributed by atoms with van der Waals surface area (Å²) in [6.45, 7) is 8.98. The third-order valence-electron chi connectivity index (χ3n) is 4.86. The first-order valence-electron chi connectivity index (χ1n) is 10.1. The molecule has 0 fully saturated rings. The molecule has 2 aromatic rings. The quantitative estimate of drug-likeness (QED) is 0.597. The SMILES string of the molecule is Cc1nn(CC(C)C)c(C)c1CCC(=O)NNC(=O)c1cccc(S(=O)(=O)N(C)C)c1. The van der Waals surface area contributed by atoms with Crippen LogP contribution in [0.1, 0.15) is 47.6 Å². The lowest BCUT2D eigenvalue weighted by atomic mass is 10.1. The molecular weight excluding hydrogens is 418 g/mol. The van der Waals surface area contributed by atoms with E-state index in [2.05, 4.69) is 29.8 Å². The smallest absolute Gasteiger partial charge is 0.269 e. The molecule has 1 aromatic carbocycles. The van der Waals surface area contributed by atoms with Gasteiger partial charge in [-0.15, -0.1) is 0 Å². The Bertz CT molecular complexity index is 1060. The Hall–Kier alpha value is -2.72. The molecule has 0 aliphatic rings. The summed E-state index contributed by atoms with van der Waals surface area (Å²) in [6.07, 6.45) is 0.693. The van der Waals surface area contributed by atoms with Gasteiger partial charge >= 0.3 is 0 Å². The Morgan fingerprint density at radius 2 is 1.84 bits per heavy atom. The number of nitrogens with zero attached hydrogens (tertiary/aromatic N) is 3. The summed E-state index contributed by atoms with van der Waals surface area (Å²) in [5.74, 6) is -0.474. The van der Waals surface area contributed by atoms with Gasteiger partial charge in [-0.25, -0.2) is 12.7 Å². The van der Waals surface area contributed by atoms with Crippen molar-refractivity contribution in [3.05, 3.63) is 46.8 Å². The Morgan fingerprint density at radius 3 is 2.45 bits per heavy atom. The Kier molecular flexibility index (Phi) is 7.96. The molecule has 0 aliphatic heterocycles. The third kappa shape index (κ3) is 6.14. The van der Waals surface area contributed by atoms with Gasteiger partial charge in [-0.2, -0.15) is 5.10 Å². The van der Waals surface area contributed by atoms with E-state index >= 15 is 0 Å². The Balaban J connectivity index is 1.95. The molecule has 0 bridgehead atoms. The molecule has 31 heavy (non-hydrogen) atoms. The van der Waals surface area contributed by atoms with Crippen molar-refractivity contribution in [1.29, 1.82) is 0 Å². The number of hydrogen-bond donors (Lipinski definition) is 2. The Morgan fingerprint density at radius 1 is 1.16 bits per heavy atom. The zero-order valence-corrected chi connectivity index (χ0v) is 19.7. The summed E-state index contributed by atoms with van der Waals surface area (Å²) in [4.78, 5) is 24.6. The van der Waals surface area contributed by atoms with Crippen molar-refractivity contribution in [2.24, 2.45) is 5.92 Å². The first kappa shape index (κ1) is 24.5. The summed E-state index contributed by atoms with van der Waals surface area (Å²) >= 11 is 0. The van der Waals surface area contributed by atoms with E-state index in [9.17, 15) is 18.0 Å². The van der Waals surface area contributed by atoms with Crippen LogP contribution < -0.4 is 10.9 Å². The monoisotopic (exact) mass is 449 g/mol. The van der Waals surface area contributed by atoms with Crippen LogP contribution in [-0.4, -0.2) is 48.4 Å². The lowest BCUT2D eigenvalue weighted by Crippen LogP contribution is -2.41. The molecule has 1 aromatic heterocycles.